The minimum absolute atomic E-state index is 0.0564. The molecule has 8 heteroatoms. The number of rotatable bonds is 5. The third kappa shape index (κ3) is 3.97. The van der Waals surface area contributed by atoms with Crippen LogP contribution in [0, 0.1) is 0 Å². The fourth-order valence-electron chi connectivity index (χ4n) is 1.16. The molecule has 1 N–H and O–H groups in total. The number of aromatic hydroxyl groups is 1. The van der Waals surface area contributed by atoms with E-state index in [1.807, 2.05) is 13.8 Å². The molecule has 6 nitrogen and oxygen atoms in total. The van der Waals surface area contributed by atoms with Gasteiger partial charge in [0.15, 0.2) is 10.1 Å². The molecule has 0 amide bonds. The maximum absolute atomic E-state index is 11.2. The molecule has 0 aliphatic heterocycles. The van der Waals surface area contributed by atoms with Gasteiger partial charge in [-0.2, -0.15) is 0 Å². The summed E-state index contributed by atoms with van der Waals surface area (Å²) in [6, 6.07) is 1.26. The van der Waals surface area contributed by atoms with Gasteiger partial charge >= 0.3 is 0 Å². The van der Waals surface area contributed by atoms with Crippen molar-refractivity contribution in [1.82, 2.24) is 10.2 Å². The van der Waals surface area contributed by atoms with Gasteiger partial charge in [0.25, 0.3) is 5.19 Å². The number of thioether (sulfide) groups is 1. The third-order valence-corrected chi connectivity index (χ3v) is 3.90. The molecule has 0 saturated carbocycles. The molecule has 0 saturated heterocycles. The minimum Gasteiger partial charge on any atom is -0.502 e. The van der Waals surface area contributed by atoms with Crippen LogP contribution in [0.5, 0.6) is 10.9 Å². The lowest BCUT2D eigenvalue weighted by molar-refractivity contribution is 0.239. The lowest BCUT2D eigenvalue weighted by Crippen LogP contribution is -2.04. The summed E-state index contributed by atoms with van der Waals surface area (Å²) in [7, 11) is 0. The lowest BCUT2D eigenvalue weighted by Gasteiger charge is -2.02. The fourth-order valence-corrected chi connectivity index (χ4v) is 2.85. The van der Waals surface area contributed by atoms with Crippen molar-refractivity contribution >= 4 is 23.1 Å². The van der Waals surface area contributed by atoms with Crippen LogP contribution < -0.4 is 10.2 Å². The Balaban J connectivity index is 1.96. The van der Waals surface area contributed by atoms with E-state index >= 15 is 0 Å². The molecule has 0 radical (unpaired) electrons. The van der Waals surface area contributed by atoms with Crippen LogP contribution in [-0.2, 0) is 5.75 Å². The summed E-state index contributed by atoms with van der Waals surface area (Å²) < 4.78 is 11.2. The van der Waals surface area contributed by atoms with Crippen LogP contribution in [0.25, 0.3) is 0 Å². The quantitative estimate of drug-likeness (QED) is 0.848. The summed E-state index contributed by atoms with van der Waals surface area (Å²) in [5, 5.41) is 17.4. The highest BCUT2D eigenvalue weighted by atomic mass is 32.2. The molecule has 2 rings (SSSR count). The van der Waals surface area contributed by atoms with Gasteiger partial charge < -0.3 is 14.3 Å². The smallest absolute Gasteiger partial charge is 0.295 e. The van der Waals surface area contributed by atoms with Crippen molar-refractivity contribution in [1.29, 1.82) is 0 Å². The van der Waals surface area contributed by atoms with Crippen molar-refractivity contribution in [2.45, 2.75) is 30.0 Å². The molecular formula is C11H12N2O4S2. The third-order valence-electron chi connectivity index (χ3n) is 1.93. The minimum atomic E-state index is -0.456. The van der Waals surface area contributed by atoms with Gasteiger partial charge in [-0.15, -0.1) is 5.10 Å². The van der Waals surface area contributed by atoms with E-state index in [0.717, 1.165) is 10.6 Å². The predicted molar refractivity (Wildman–Crippen MR) is 71.9 cm³/mol. The Morgan fingerprint density at radius 2 is 2.32 bits per heavy atom. The SMILES string of the molecule is CC(C)Oc1nnc(SCc2cc(=O)c(O)co2)s1. The Kier molecular flexibility index (Phi) is 4.43. The molecule has 19 heavy (non-hydrogen) atoms. The highest BCUT2D eigenvalue weighted by Crippen LogP contribution is 2.29. The Morgan fingerprint density at radius 1 is 1.53 bits per heavy atom. The van der Waals surface area contributed by atoms with E-state index in [-0.39, 0.29) is 6.10 Å². The zero-order chi connectivity index (χ0) is 13.8. The second-order valence-corrected chi connectivity index (χ2v) is 6.05. The zero-order valence-electron chi connectivity index (χ0n) is 10.3. The monoisotopic (exact) mass is 300 g/mol. The maximum atomic E-state index is 11.2. The van der Waals surface area contributed by atoms with Crippen LogP contribution in [0.15, 0.2) is 25.9 Å². The summed E-state index contributed by atoms with van der Waals surface area (Å²) >= 11 is 2.72. The molecule has 0 atom stereocenters. The van der Waals surface area contributed by atoms with Gasteiger partial charge in [0.2, 0.25) is 5.43 Å². The summed E-state index contributed by atoms with van der Waals surface area (Å²) in [6.07, 6.45) is 1.09. The van der Waals surface area contributed by atoms with E-state index in [0.29, 0.717) is 16.7 Å². The molecule has 2 aromatic heterocycles. The van der Waals surface area contributed by atoms with E-state index in [4.69, 9.17) is 14.3 Å². The first-order chi connectivity index (χ1) is 9.04. The molecule has 2 heterocycles. The average Bonchev–Trinajstić information content (AvgIpc) is 2.77. The number of ether oxygens (including phenoxy) is 1. The first-order valence-electron chi connectivity index (χ1n) is 5.48. The zero-order valence-corrected chi connectivity index (χ0v) is 12.0. The van der Waals surface area contributed by atoms with Crippen molar-refractivity contribution in [3.8, 4) is 10.9 Å². The van der Waals surface area contributed by atoms with Crippen molar-refractivity contribution in [2.75, 3.05) is 0 Å². The van der Waals surface area contributed by atoms with Crippen molar-refractivity contribution < 1.29 is 14.3 Å². The second-order valence-electron chi connectivity index (χ2n) is 3.89. The van der Waals surface area contributed by atoms with Crippen LogP contribution in [0.4, 0.5) is 0 Å². The largest absolute Gasteiger partial charge is 0.502 e. The average molecular weight is 300 g/mol. The number of hydrogen-bond acceptors (Lipinski definition) is 8. The summed E-state index contributed by atoms with van der Waals surface area (Å²) in [6.45, 7) is 3.83. The lowest BCUT2D eigenvalue weighted by atomic mass is 10.4. The van der Waals surface area contributed by atoms with Crippen LogP contribution >= 0.6 is 23.1 Å². The molecule has 0 aromatic carbocycles. The second kappa shape index (κ2) is 6.07. The van der Waals surface area contributed by atoms with Crippen LogP contribution in [0.3, 0.4) is 0 Å². The van der Waals surface area contributed by atoms with Gasteiger partial charge in [-0.1, -0.05) is 16.9 Å². The standard InChI is InChI=1S/C11H12N2O4S2/c1-6(2)17-10-12-13-11(19-10)18-5-7-3-8(14)9(15)4-16-7/h3-4,6,15H,5H2,1-2H3. The normalized spacial score (nSPS) is 10.9. The van der Waals surface area contributed by atoms with Gasteiger partial charge in [0.1, 0.15) is 12.0 Å². The Bertz CT molecular complexity index is 609. The first-order valence-corrected chi connectivity index (χ1v) is 7.28. The molecule has 0 spiro atoms. The summed E-state index contributed by atoms with van der Waals surface area (Å²) in [4.78, 5) is 11.2. The van der Waals surface area contributed by atoms with Crippen LogP contribution in [0.2, 0.25) is 0 Å². The van der Waals surface area contributed by atoms with Crippen molar-refractivity contribution in [2.24, 2.45) is 0 Å². The Morgan fingerprint density at radius 3 is 3.00 bits per heavy atom. The summed E-state index contributed by atoms with van der Waals surface area (Å²) in [5.74, 6) is 0.512. The highest BCUT2D eigenvalue weighted by molar-refractivity contribution is 8.00. The molecule has 0 bridgehead atoms. The first kappa shape index (κ1) is 13.9. The maximum Gasteiger partial charge on any atom is 0.295 e. The predicted octanol–water partition coefficient (Wildman–Crippen LogP) is 2.28. The summed E-state index contributed by atoms with van der Waals surface area (Å²) in [5.41, 5.74) is -0.456. The Hall–Kier alpha value is -1.54. The molecule has 0 aliphatic carbocycles. The van der Waals surface area contributed by atoms with E-state index in [9.17, 15) is 4.79 Å². The highest BCUT2D eigenvalue weighted by Gasteiger charge is 2.09. The molecule has 0 aliphatic rings. The molecule has 0 unspecified atom stereocenters. The van der Waals surface area contributed by atoms with Gasteiger partial charge in [-0.25, -0.2) is 0 Å². The van der Waals surface area contributed by atoms with Crippen LogP contribution in [0.1, 0.15) is 19.6 Å². The van der Waals surface area contributed by atoms with E-state index in [2.05, 4.69) is 10.2 Å². The van der Waals surface area contributed by atoms with Crippen LogP contribution in [-0.4, -0.2) is 21.4 Å². The van der Waals surface area contributed by atoms with Gasteiger partial charge in [0, 0.05) is 6.07 Å². The molecule has 2 aromatic rings. The number of nitrogens with zero attached hydrogens (tertiary/aromatic N) is 2. The van der Waals surface area contributed by atoms with E-state index in [1.165, 1.54) is 29.2 Å². The van der Waals surface area contributed by atoms with Gasteiger partial charge in [-0.3, -0.25) is 4.79 Å². The molecule has 0 fully saturated rings. The van der Waals surface area contributed by atoms with Gasteiger partial charge in [-0.05, 0) is 25.2 Å². The topological polar surface area (TPSA) is 85.5 Å². The van der Waals surface area contributed by atoms with Crippen molar-refractivity contribution in [3.05, 3.63) is 28.3 Å². The Labute approximate surface area is 117 Å². The van der Waals surface area contributed by atoms with Crippen molar-refractivity contribution in [3.63, 3.8) is 0 Å². The molecule has 102 valence electrons. The van der Waals surface area contributed by atoms with E-state index < -0.39 is 11.2 Å². The molecular weight excluding hydrogens is 288 g/mol. The number of aromatic nitrogens is 2. The van der Waals surface area contributed by atoms with Gasteiger partial charge in [0.05, 0.1) is 11.9 Å². The fraction of sp³-hybridized carbons (Fsp3) is 0.364. The van der Waals surface area contributed by atoms with E-state index in [1.54, 1.807) is 0 Å². The number of hydrogen-bond donors (Lipinski definition) is 1.